The molecule has 0 amide bonds. The average molecular weight is 480 g/mol. The molecule has 7 heteroatoms. The van der Waals surface area contributed by atoms with E-state index in [-0.39, 0.29) is 22.5 Å². The summed E-state index contributed by atoms with van der Waals surface area (Å²) in [5, 5.41) is 3.48. The van der Waals surface area contributed by atoms with Gasteiger partial charge in [-0.2, -0.15) is 8.42 Å². The summed E-state index contributed by atoms with van der Waals surface area (Å²) in [6, 6.07) is 14.9. The largest absolute Gasteiger partial charge is 0.382 e. The Morgan fingerprint density at radius 2 is 1.83 bits per heavy atom. The molecule has 29 heavy (non-hydrogen) atoms. The Bertz CT molecular complexity index is 950. The molecule has 0 spiro atoms. The molecule has 3 fully saturated rings. The molecule has 0 unspecified atom stereocenters. The van der Waals surface area contributed by atoms with Crippen molar-refractivity contribution in [2.24, 2.45) is 5.41 Å². The van der Waals surface area contributed by atoms with Gasteiger partial charge in [0.2, 0.25) is 0 Å². The quantitative estimate of drug-likeness (QED) is 0.571. The molecule has 1 saturated carbocycles. The van der Waals surface area contributed by atoms with Gasteiger partial charge in [-0.05, 0) is 62.9 Å². The zero-order valence-corrected chi connectivity index (χ0v) is 18.9. The molecule has 2 heterocycles. The highest BCUT2D eigenvalue weighted by Gasteiger charge is 2.50. The Balaban J connectivity index is 1.34. The molecule has 2 aromatic carbocycles. The van der Waals surface area contributed by atoms with Gasteiger partial charge in [0.15, 0.2) is 0 Å². The van der Waals surface area contributed by atoms with Crippen molar-refractivity contribution < 1.29 is 17.3 Å². The molecule has 0 aromatic heterocycles. The van der Waals surface area contributed by atoms with Gasteiger partial charge < -0.3 is 10.1 Å². The van der Waals surface area contributed by atoms with E-state index in [1.165, 1.54) is 0 Å². The van der Waals surface area contributed by atoms with E-state index in [9.17, 15) is 8.42 Å². The summed E-state index contributed by atoms with van der Waals surface area (Å²) in [5.41, 5.74) is 1.69. The molecule has 5 nitrogen and oxygen atoms in total. The highest BCUT2D eigenvalue weighted by molar-refractivity contribution is 9.10. The summed E-state index contributed by atoms with van der Waals surface area (Å²) in [7, 11) is -3.75. The summed E-state index contributed by atoms with van der Waals surface area (Å²) in [5.74, 6) is 0. The van der Waals surface area contributed by atoms with E-state index < -0.39 is 10.1 Å². The number of aryl methyl sites for hydroxylation is 1. The van der Waals surface area contributed by atoms with Crippen molar-refractivity contribution in [3.63, 3.8) is 0 Å². The minimum Gasteiger partial charge on any atom is -0.382 e. The van der Waals surface area contributed by atoms with Gasteiger partial charge in [0.05, 0.1) is 23.7 Å². The van der Waals surface area contributed by atoms with E-state index in [2.05, 4.69) is 27.3 Å². The van der Waals surface area contributed by atoms with Crippen LogP contribution in [0.15, 0.2) is 57.9 Å². The highest BCUT2D eigenvalue weighted by atomic mass is 79.9. The fraction of sp³-hybridized carbons (Fsp3) is 0.455. The molecule has 1 N–H and O–H groups in total. The van der Waals surface area contributed by atoms with Crippen molar-refractivity contribution in [1.29, 1.82) is 0 Å². The van der Waals surface area contributed by atoms with Gasteiger partial charge in [0, 0.05) is 22.1 Å². The predicted octanol–water partition coefficient (Wildman–Crippen LogP) is 4.90. The zero-order chi connectivity index (χ0) is 20.5. The molecule has 2 aromatic rings. The van der Waals surface area contributed by atoms with Gasteiger partial charge in [-0.3, -0.25) is 4.18 Å². The Morgan fingerprint density at radius 1 is 1.10 bits per heavy atom. The van der Waals surface area contributed by atoms with Crippen LogP contribution < -0.4 is 5.32 Å². The second-order valence-corrected chi connectivity index (χ2v) is 10.9. The fourth-order valence-electron chi connectivity index (χ4n) is 4.08. The number of nitrogens with one attached hydrogen (secondary N) is 1. The van der Waals surface area contributed by atoms with Crippen molar-refractivity contribution in [3.05, 3.63) is 58.6 Å². The number of halogens is 1. The first-order chi connectivity index (χ1) is 13.8. The zero-order valence-electron chi connectivity index (χ0n) is 16.5. The predicted molar refractivity (Wildman–Crippen MR) is 117 cm³/mol. The maximum absolute atomic E-state index is 12.5. The number of hydrogen-bond acceptors (Lipinski definition) is 5. The monoisotopic (exact) mass is 479 g/mol. The van der Waals surface area contributed by atoms with E-state index in [1.807, 2.05) is 25.1 Å². The maximum Gasteiger partial charge on any atom is 0.296 e. The van der Waals surface area contributed by atoms with E-state index in [1.54, 1.807) is 24.3 Å². The van der Waals surface area contributed by atoms with Gasteiger partial charge >= 0.3 is 0 Å². The fourth-order valence-corrected chi connectivity index (χ4v) is 5.49. The Morgan fingerprint density at radius 3 is 2.45 bits per heavy atom. The van der Waals surface area contributed by atoms with Crippen LogP contribution in [0.2, 0.25) is 0 Å². The van der Waals surface area contributed by atoms with Crippen LogP contribution in [0.25, 0.3) is 0 Å². The van der Waals surface area contributed by atoms with Crippen molar-refractivity contribution in [3.8, 4) is 0 Å². The number of fused-ring (bicyclic) bond motifs is 3. The summed E-state index contributed by atoms with van der Waals surface area (Å²) < 4.78 is 37.8. The van der Waals surface area contributed by atoms with E-state index in [4.69, 9.17) is 8.92 Å². The standard InChI is InChI=1S/C22H26BrNO4S/c1-17-5-7-20(8-6-17)29(25,26)28-16-21-9-11-22(12-10-21,27-15-21)14-24-19-4-2-3-18(23)13-19/h2-8,13,24H,9-12,14-16H2,1H3. The van der Waals surface area contributed by atoms with Crippen LogP contribution in [0.4, 0.5) is 5.69 Å². The molecule has 2 bridgehead atoms. The smallest absolute Gasteiger partial charge is 0.296 e. The Kier molecular flexibility index (Phi) is 5.77. The maximum atomic E-state index is 12.5. The molecule has 2 saturated heterocycles. The third-order valence-electron chi connectivity index (χ3n) is 6.18. The van der Waals surface area contributed by atoms with Crippen LogP contribution in [-0.4, -0.2) is 33.8 Å². The van der Waals surface area contributed by atoms with Crippen molar-refractivity contribution in [1.82, 2.24) is 0 Å². The second-order valence-electron chi connectivity index (χ2n) is 8.36. The van der Waals surface area contributed by atoms with Crippen LogP contribution in [0.3, 0.4) is 0 Å². The number of hydrogen-bond donors (Lipinski definition) is 1. The van der Waals surface area contributed by atoms with E-state index in [0.717, 1.165) is 48.0 Å². The minimum atomic E-state index is -3.75. The van der Waals surface area contributed by atoms with Gasteiger partial charge in [-0.15, -0.1) is 0 Å². The van der Waals surface area contributed by atoms with Gasteiger partial charge in [-0.1, -0.05) is 39.7 Å². The lowest BCUT2D eigenvalue weighted by Gasteiger charge is -2.53. The normalized spacial score (nSPS) is 26.4. The summed E-state index contributed by atoms with van der Waals surface area (Å²) in [6.45, 7) is 3.40. The lowest BCUT2D eigenvalue weighted by atomic mass is 9.66. The molecule has 5 rings (SSSR count). The van der Waals surface area contributed by atoms with E-state index in [0.29, 0.717) is 6.61 Å². The van der Waals surface area contributed by atoms with E-state index >= 15 is 0 Å². The lowest BCUT2D eigenvalue weighted by molar-refractivity contribution is -0.184. The van der Waals surface area contributed by atoms with Gasteiger partial charge in [-0.25, -0.2) is 0 Å². The number of anilines is 1. The lowest BCUT2D eigenvalue weighted by Crippen LogP contribution is -2.55. The summed E-state index contributed by atoms with van der Waals surface area (Å²) in [4.78, 5) is 0.208. The van der Waals surface area contributed by atoms with Crippen molar-refractivity contribution >= 4 is 31.7 Å². The minimum absolute atomic E-state index is 0.179. The summed E-state index contributed by atoms with van der Waals surface area (Å²) in [6.07, 6.45) is 3.64. The first-order valence-electron chi connectivity index (χ1n) is 9.90. The van der Waals surface area contributed by atoms with Crippen LogP contribution in [0.5, 0.6) is 0 Å². The molecular weight excluding hydrogens is 454 g/mol. The van der Waals surface area contributed by atoms with Crippen molar-refractivity contribution in [2.45, 2.75) is 43.1 Å². The van der Waals surface area contributed by atoms with Crippen molar-refractivity contribution in [2.75, 3.05) is 25.1 Å². The van der Waals surface area contributed by atoms with Gasteiger partial charge in [0.1, 0.15) is 0 Å². The molecule has 1 aliphatic carbocycles. The number of benzene rings is 2. The number of rotatable bonds is 7. The average Bonchev–Trinajstić information content (AvgIpc) is 2.73. The molecule has 2 aliphatic heterocycles. The number of ether oxygens (including phenoxy) is 1. The topological polar surface area (TPSA) is 64.6 Å². The third-order valence-corrected chi connectivity index (χ3v) is 7.95. The third kappa shape index (κ3) is 4.68. The van der Waals surface area contributed by atoms with Gasteiger partial charge in [0.25, 0.3) is 10.1 Å². The Hall–Kier alpha value is -1.41. The molecule has 0 atom stereocenters. The van der Waals surface area contributed by atoms with Crippen LogP contribution in [-0.2, 0) is 19.0 Å². The highest BCUT2D eigenvalue weighted by Crippen LogP contribution is 2.49. The Labute approximate surface area is 181 Å². The van der Waals surface area contributed by atoms with Crippen LogP contribution >= 0.6 is 15.9 Å². The summed E-state index contributed by atoms with van der Waals surface area (Å²) >= 11 is 3.49. The molecule has 3 aliphatic rings. The molecule has 156 valence electrons. The first kappa shape index (κ1) is 20.8. The molecular formula is C22H26BrNO4S. The van der Waals surface area contributed by atoms with Crippen LogP contribution in [0, 0.1) is 12.3 Å². The first-order valence-corrected chi connectivity index (χ1v) is 12.1. The second kappa shape index (κ2) is 8.02. The van der Waals surface area contributed by atoms with Crippen LogP contribution in [0.1, 0.15) is 31.2 Å². The SMILES string of the molecule is Cc1ccc(S(=O)(=O)OCC23CCC(CNc4cccc(Br)c4)(CC2)OC3)cc1. The molecule has 0 radical (unpaired) electrons.